The number of aromatic nitrogens is 2. The van der Waals surface area contributed by atoms with Gasteiger partial charge in [0.25, 0.3) is 11.8 Å². The number of methoxy groups -OCH3 is 1. The number of aryl methyl sites for hydroxylation is 1. The number of anilines is 1. The quantitative estimate of drug-likeness (QED) is 0.359. The highest BCUT2D eigenvalue weighted by atomic mass is 19.3. The number of para-hydroxylation sites is 1. The van der Waals surface area contributed by atoms with Crippen molar-refractivity contribution in [3.05, 3.63) is 58.5 Å². The Morgan fingerprint density at radius 1 is 0.959 bits per heavy atom. The van der Waals surface area contributed by atoms with Crippen LogP contribution in [0.15, 0.2) is 47.3 Å². The van der Waals surface area contributed by atoms with Crippen molar-refractivity contribution in [3.63, 3.8) is 0 Å². The van der Waals surface area contributed by atoms with E-state index in [1.54, 1.807) is 70.2 Å². The average Bonchev–Trinajstić information content (AvgIpc) is 3.31. The standard InChI is InChI=1S/C35H44F2N6O6/c1-34(2,3)49-33(47)41-16-15-28(35(36,37)22-41)40-19-17-39(18-20-40)25-7-6-8-26-30(25)38(4)32(46)43(26)27-13-14-29(44)42(31(27)45)21-23-9-11-24(48-5)12-10-23/h6-12,27-28H,13-22H2,1-5H3/t27?,28-/m0/s1. The molecule has 12 nitrogen and oxygen atoms in total. The van der Waals surface area contributed by atoms with Crippen LogP contribution < -0.4 is 15.3 Å². The van der Waals surface area contributed by atoms with Crippen molar-refractivity contribution in [2.45, 2.75) is 70.2 Å². The van der Waals surface area contributed by atoms with E-state index in [-0.39, 0.29) is 43.9 Å². The highest BCUT2D eigenvalue weighted by Crippen LogP contribution is 2.35. The molecule has 4 heterocycles. The number of alkyl halides is 2. The van der Waals surface area contributed by atoms with Gasteiger partial charge in [0.15, 0.2) is 0 Å². The molecule has 3 aliphatic heterocycles. The Hall–Kier alpha value is -4.46. The first kappa shape index (κ1) is 34.4. The maximum absolute atomic E-state index is 15.4. The Labute approximate surface area is 283 Å². The smallest absolute Gasteiger partial charge is 0.410 e. The molecule has 0 spiro atoms. The number of carbonyl (C=O) groups is 3. The third kappa shape index (κ3) is 6.75. The van der Waals surface area contributed by atoms with E-state index < -0.39 is 42.2 Å². The lowest BCUT2D eigenvalue weighted by Crippen LogP contribution is -2.62. The van der Waals surface area contributed by atoms with Gasteiger partial charge in [-0.1, -0.05) is 18.2 Å². The monoisotopic (exact) mass is 682 g/mol. The van der Waals surface area contributed by atoms with E-state index in [9.17, 15) is 19.2 Å². The molecule has 2 atom stereocenters. The number of fused-ring (bicyclic) bond motifs is 1. The molecule has 3 amide bonds. The lowest BCUT2D eigenvalue weighted by atomic mass is 9.98. The zero-order valence-electron chi connectivity index (χ0n) is 28.7. The van der Waals surface area contributed by atoms with Gasteiger partial charge in [0.1, 0.15) is 17.4 Å². The van der Waals surface area contributed by atoms with Gasteiger partial charge in [0, 0.05) is 46.2 Å². The number of piperidine rings is 2. The van der Waals surface area contributed by atoms with Crippen molar-refractivity contribution < 1.29 is 32.6 Å². The van der Waals surface area contributed by atoms with E-state index in [1.807, 2.05) is 12.1 Å². The van der Waals surface area contributed by atoms with E-state index in [0.29, 0.717) is 43.0 Å². The molecule has 49 heavy (non-hydrogen) atoms. The molecule has 3 fully saturated rings. The Morgan fingerprint density at radius 3 is 2.29 bits per heavy atom. The molecule has 0 radical (unpaired) electrons. The number of imidazole rings is 1. The number of piperazine rings is 1. The summed E-state index contributed by atoms with van der Waals surface area (Å²) < 4.78 is 44.4. The van der Waals surface area contributed by atoms with Crippen molar-refractivity contribution in [2.24, 2.45) is 7.05 Å². The predicted molar refractivity (Wildman–Crippen MR) is 179 cm³/mol. The van der Waals surface area contributed by atoms with Crippen molar-refractivity contribution in [1.29, 1.82) is 0 Å². The van der Waals surface area contributed by atoms with Crippen molar-refractivity contribution in [2.75, 3.05) is 51.3 Å². The molecule has 1 unspecified atom stereocenters. The van der Waals surface area contributed by atoms with Gasteiger partial charge in [-0.2, -0.15) is 0 Å². The van der Waals surface area contributed by atoms with E-state index >= 15 is 8.78 Å². The number of hydrogen-bond acceptors (Lipinski definition) is 8. The third-order valence-corrected chi connectivity index (χ3v) is 9.69. The zero-order valence-corrected chi connectivity index (χ0v) is 28.7. The minimum atomic E-state index is -3.10. The van der Waals surface area contributed by atoms with Crippen LogP contribution in [0.2, 0.25) is 0 Å². The largest absolute Gasteiger partial charge is 0.497 e. The average molecular weight is 683 g/mol. The molecule has 1 aromatic heterocycles. The van der Waals surface area contributed by atoms with Crippen LogP contribution in [-0.4, -0.2) is 106 Å². The normalized spacial score (nSPS) is 22.1. The number of benzene rings is 2. The SMILES string of the molecule is COc1ccc(CN2C(=O)CCC(n3c(=O)n(C)c4c(N5CCN([C@H]6CCN(C(=O)OC(C)(C)C)CC6(F)F)CC5)cccc43)C2=O)cc1. The van der Waals surface area contributed by atoms with Gasteiger partial charge in [-0.3, -0.25) is 28.5 Å². The maximum atomic E-state index is 15.4. The summed E-state index contributed by atoms with van der Waals surface area (Å²) >= 11 is 0. The minimum absolute atomic E-state index is 0.0896. The third-order valence-electron chi connectivity index (χ3n) is 9.69. The van der Waals surface area contributed by atoms with Crippen molar-refractivity contribution >= 4 is 34.6 Å². The second-order valence-corrected chi connectivity index (χ2v) is 14.1. The van der Waals surface area contributed by atoms with E-state index in [1.165, 1.54) is 14.0 Å². The second kappa shape index (κ2) is 13.1. The van der Waals surface area contributed by atoms with E-state index in [0.717, 1.165) is 16.2 Å². The van der Waals surface area contributed by atoms with Crippen LogP contribution in [-0.2, 0) is 27.9 Å². The number of halogens is 2. The molecule has 14 heteroatoms. The highest BCUT2D eigenvalue weighted by molar-refractivity contribution is 6.00. The second-order valence-electron chi connectivity index (χ2n) is 14.1. The molecule has 3 aliphatic rings. The maximum Gasteiger partial charge on any atom is 0.410 e. The van der Waals surface area contributed by atoms with Crippen LogP contribution in [0.1, 0.15) is 51.6 Å². The number of likely N-dealkylation sites (tertiary alicyclic amines) is 2. The first-order valence-electron chi connectivity index (χ1n) is 16.7. The van der Waals surface area contributed by atoms with Gasteiger partial charge < -0.3 is 19.3 Å². The molecule has 0 aliphatic carbocycles. The molecule has 3 aromatic rings. The van der Waals surface area contributed by atoms with Gasteiger partial charge in [-0.05, 0) is 63.4 Å². The molecule has 264 valence electrons. The summed E-state index contributed by atoms with van der Waals surface area (Å²) in [5, 5.41) is 0. The molecule has 2 aromatic carbocycles. The van der Waals surface area contributed by atoms with Gasteiger partial charge >= 0.3 is 11.8 Å². The van der Waals surface area contributed by atoms with Crippen LogP contribution in [0, 0.1) is 0 Å². The number of imide groups is 1. The molecule has 0 saturated carbocycles. The summed E-state index contributed by atoms with van der Waals surface area (Å²) in [5.41, 5.74) is 1.62. The van der Waals surface area contributed by atoms with E-state index in [4.69, 9.17) is 9.47 Å². The number of rotatable bonds is 6. The first-order chi connectivity index (χ1) is 23.2. The van der Waals surface area contributed by atoms with Crippen LogP contribution in [0.4, 0.5) is 19.3 Å². The summed E-state index contributed by atoms with van der Waals surface area (Å²) in [6.07, 6.45) is -0.266. The van der Waals surface area contributed by atoms with Crippen LogP contribution >= 0.6 is 0 Å². The van der Waals surface area contributed by atoms with Crippen LogP contribution in [0.5, 0.6) is 5.75 Å². The highest BCUT2D eigenvalue weighted by Gasteiger charge is 2.49. The fourth-order valence-electron chi connectivity index (χ4n) is 7.25. The number of carbonyl (C=O) groups excluding carboxylic acids is 3. The Morgan fingerprint density at radius 2 is 1.65 bits per heavy atom. The van der Waals surface area contributed by atoms with Gasteiger partial charge in [-0.15, -0.1) is 0 Å². The van der Waals surface area contributed by atoms with Crippen molar-refractivity contribution in [1.82, 2.24) is 23.8 Å². The number of amides is 3. The Kier molecular flexibility index (Phi) is 9.20. The minimum Gasteiger partial charge on any atom is -0.497 e. The Bertz CT molecular complexity index is 1790. The topological polar surface area (TPSA) is 110 Å². The van der Waals surface area contributed by atoms with Crippen LogP contribution in [0.25, 0.3) is 11.0 Å². The molecule has 0 bridgehead atoms. The van der Waals surface area contributed by atoms with Crippen LogP contribution in [0.3, 0.4) is 0 Å². The molecular formula is C35H44F2N6O6. The fraction of sp³-hybridized carbons (Fsp3) is 0.543. The molecular weight excluding hydrogens is 638 g/mol. The number of nitrogens with zero attached hydrogens (tertiary/aromatic N) is 6. The molecule has 6 rings (SSSR count). The summed E-state index contributed by atoms with van der Waals surface area (Å²) in [4.78, 5) is 59.2. The van der Waals surface area contributed by atoms with Gasteiger partial charge in [0.05, 0.1) is 43.0 Å². The predicted octanol–water partition coefficient (Wildman–Crippen LogP) is 4.01. The number of ether oxygens (including phenoxy) is 2. The fourth-order valence-corrected chi connectivity index (χ4v) is 7.25. The summed E-state index contributed by atoms with van der Waals surface area (Å²) in [6, 6.07) is 10.8. The van der Waals surface area contributed by atoms with Gasteiger partial charge in [0.2, 0.25) is 5.91 Å². The van der Waals surface area contributed by atoms with Gasteiger partial charge in [-0.25, -0.2) is 18.4 Å². The molecule has 0 N–H and O–H groups in total. The summed E-state index contributed by atoms with van der Waals surface area (Å²) in [5.74, 6) is -3.16. The number of hydrogen-bond donors (Lipinski definition) is 0. The lowest BCUT2D eigenvalue weighted by molar-refractivity contribution is -0.151. The summed E-state index contributed by atoms with van der Waals surface area (Å²) in [6.45, 7) is 6.37. The van der Waals surface area contributed by atoms with Crippen molar-refractivity contribution in [3.8, 4) is 5.75 Å². The first-order valence-corrected chi connectivity index (χ1v) is 16.7. The Balaban J connectivity index is 1.18. The lowest BCUT2D eigenvalue weighted by Gasteiger charge is -2.46. The van der Waals surface area contributed by atoms with E-state index in [2.05, 4.69) is 4.90 Å². The molecule has 3 saturated heterocycles. The summed E-state index contributed by atoms with van der Waals surface area (Å²) in [7, 11) is 3.22. The zero-order chi connectivity index (χ0) is 35.2.